The quantitative estimate of drug-likeness (QED) is 0.833. The SMILES string of the molecule is CCCNC1C(C)C(c2cccc(F)c2)C1(C)CC. The number of hydrogen-bond donors (Lipinski definition) is 1. The van der Waals surface area contributed by atoms with Crippen molar-refractivity contribution in [3.63, 3.8) is 0 Å². The Kier molecular flexibility index (Phi) is 4.29. The van der Waals surface area contributed by atoms with Crippen molar-refractivity contribution < 1.29 is 4.39 Å². The lowest BCUT2D eigenvalue weighted by molar-refractivity contribution is -0.0196. The van der Waals surface area contributed by atoms with E-state index >= 15 is 0 Å². The number of nitrogens with one attached hydrogen (secondary N) is 1. The molecule has 0 saturated heterocycles. The topological polar surface area (TPSA) is 12.0 Å². The van der Waals surface area contributed by atoms with Gasteiger partial charge in [-0.3, -0.25) is 0 Å². The van der Waals surface area contributed by atoms with Gasteiger partial charge in [0, 0.05) is 6.04 Å². The largest absolute Gasteiger partial charge is 0.313 e. The van der Waals surface area contributed by atoms with Crippen LogP contribution in [0.15, 0.2) is 24.3 Å². The molecule has 1 aromatic rings. The third kappa shape index (κ3) is 2.43. The van der Waals surface area contributed by atoms with Crippen LogP contribution in [-0.4, -0.2) is 12.6 Å². The van der Waals surface area contributed by atoms with E-state index in [1.807, 2.05) is 6.07 Å². The Labute approximate surface area is 116 Å². The highest BCUT2D eigenvalue weighted by molar-refractivity contribution is 5.30. The van der Waals surface area contributed by atoms with Crippen LogP contribution in [0.4, 0.5) is 4.39 Å². The third-order valence-electron chi connectivity index (χ3n) is 5.06. The first-order valence-electron chi connectivity index (χ1n) is 7.53. The molecule has 1 aliphatic rings. The second-order valence-corrected chi connectivity index (χ2v) is 6.18. The molecule has 1 aromatic carbocycles. The fourth-order valence-electron chi connectivity index (χ4n) is 4.01. The molecule has 1 saturated carbocycles. The van der Waals surface area contributed by atoms with E-state index in [1.165, 1.54) is 6.07 Å². The van der Waals surface area contributed by atoms with Gasteiger partial charge >= 0.3 is 0 Å². The molecule has 0 amide bonds. The molecule has 19 heavy (non-hydrogen) atoms. The number of halogens is 1. The van der Waals surface area contributed by atoms with Gasteiger partial charge in [-0.2, -0.15) is 0 Å². The maximum absolute atomic E-state index is 13.5. The van der Waals surface area contributed by atoms with Gasteiger partial charge in [-0.15, -0.1) is 0 Å². The minimum absolute atomic E-state index is 0.117. The first-order valence-corrected chi connectivity index (χ1v) is 7.53. The van der Waals surface area contributed by atoms with Crippen LogP contribution in [0.5, 0.6) is 0 Å². The zero-order valence-electron chi connectivity index (χ0n) is 12.5. The van der Waals surface area contributed by atoms with E-state index in [-0.39, 0.29) is 11.2 Å². The molecular weight excluding hydrogens is 237 g/mol. The lowest BCUT2D eigenvalue weighted by atomic mass is 9.48. The molecule has 1 N–H and O–H groups in total. The summed E-state index contributed by atoms with van der Waals surface area (Å²) >= 11 is 0. The Morgan fingerprint density at radius 2 is 2.05 bits per heavy atom. The van der Waals surface area contributed by atoms with E-state index in [4.69, 9.17) is 0 Å². The molecule has 0 bridgehead atoms. The molecule has 0 spiro atoms. The fraction of sp³-hybridized carbons (Fsp3) is 0.647. The van der Waals surface area contributed by atoms with E-state index in [2.05, 4.69) is 39.1 Å². The van der Waals surface area contributed by atoms with Crippen molar-refractivity contribution in [2.24, 2.45) is 11.3 Å². The molecule has 0 aliphatic heterocycles. The highest BCUT2D eigenvalue weighted by atomic mass is 19.1. The Morgan fingerprint density at radius 3 is 2.63 bits per heavy atom. The third-order valence-corrected chi connectivity index (χ3v) is 5.06. The van der Waals surface area contributed by atoms with Crippen molar-refractivity contribution in [2.45, 2.75) is 52.5 Å². The van der Waals surface area contributed by atoms with Crippen molar-refractivity contribution in [2.75, 3.05) is 6.54 Å². The summed E-state index contributed by atoms with van der Waals surface area (Å²) < 4.78 is 13.5. The average molecular weight is 263 g/mol. The van der Waals surface area contributed by atoms with Crippen LogP contribution >= 0.6 is 0 Å². The molecule has 2 rings (SSSR count). The Balaban J connectivity index is 2.22. The first-order chi connectivity index (χ1) is 9.04. The van der Waals surface area contributed by atoms with Crippen molar-refractivity contribution in [3.8, 4) is 0 Å². The monoisotopic (exact) mass is 263 g/mol. The van der Waals surface area contributed by atoms with Gasteiger partial charge in [-0.1, -0.05) is 39.8 Å². The van der Waals surface area contributed by atoms with Crippen LogP contribution in [0.3, 0.4) is 0 Å². The number of rotatable bonds is 5. The van der Waals surface area contributed by atoms with E-state index in [0.717, 1.165) is 24.9 Å². The van der Waals surface area contributed by atoms with Gasteiger partial charge in [0.15, 0.2) is 0 Å². The summed E-state index contributed by atoms with van der Waals surface area (Å²) in [6.45, 7) is 10.2. The van der Waals surface area contributed by atoms with Crippen LogP contribution in [0.1, 0.15) is 52.0 Å². The van der Waals surface area contributed by atoms with Crippen molar-refractivity contribution in [1.82, 2.24) is 5.32 Å². The zero-order valence-corrected chi connectivity index (χ0v) is 12.5. The maximum atomic E-state index is 13.5. The zero-order chi connectivity index (χ0) is 14.0. The molecule has 0 aromatic heterocycles. The van der Waals surface area contributed by atoms with Gasteiger partial charge in [0.1, 0.15) is 5.82 Å². The first kappa shape index (κ1) is 14.5. The van der Waals surface area contributed by atoms with Crippen molar-refractivity contribution in [3.05, 3.63) is 35.6 Å². The van der Waals surface area contributed by atoms with E-state index in [0.29, 0.717) is 17.9 Å². The predicted octanol–water partition coefficient (Wildman–Crippen LogP) is 4.34. The highest BCUT2D eigenvalue weighted by Gasteiger charge is 2.55. The van der Waals surface area contributed by atoms with Crippen LogP contribution in [0, 0.1) is 17.2 Å². The summed E-state index contributed by atoms with van der Waals surface area (Å²) in [5, 5.41) is 3.68. The lowest BCUT2D eigenvalue weighted by Crippen LogP contribution is -2.62. The van der Waals surface area contributed by atoms with Gasteiger partial charge in [0.05, 0.1) is 0 Å². The summed E-state index contributed by atoms with van der Waals surface area (Å²) in [6, 6.07) is 7.70. The molecule has 1 nitrogen and oxygen atoms in total. The van der Waals surface area contributed by atoms with Crippen molar-refractivity contribution >= 4 is 0 Å². The molecule has 1 fully saturated rings. The summed E-state index contributed by atoms with van der Waals surface area (Å²) in [7, 11) is 0. The number of hydrogen-bond acceptors (Lipinski definition) is 1. The molecular formula is C17H26FN. The Bertz CT molecular complexity index is 431. The highest BCUT2D eigenvalue weighted by Crippen LogP contribution is 2.58. The standard InChI is InChI=1S/C17H26FN/c1-5-10-19-16-12(3)15(17(16,4)6-2)13-8-7-9-14(18)11-13/h7-9,11-12,15-16,19H,5-6,10H2,1-4H3. The maximum Gasteiger partial charge on any atom is 0.123 e. The smallest absolute Gasteiger partial charge is 0.123 e. The molecule has 0 heterocycles. The van der Waals surface area contributed by atoms with Gasteiger partial charge < -0.3 is 5.32 Å². The van der Waals surface area contributed by atoms with Crippen LogP contribution in [0.2, 0.25) is 0 Å². The summed E-state index contributed by atoms with van der Waals surface area (Å²) in [4.78, 5) is 0. The predicted molar refractivity (Wildman–Crippen MR) is 78.8 cm³/mol. The Morgan fingerprint density at radius 1 is 1.32 bits per heavy atom. The van der Waals surface area contributed by atoms with Crippen LogP contribution < -0.4 is 5.32 Å². The lowest BCUT2D eigenvalue weighted by Gasteiger charge is -2.60. The van der Waals surface area contributed by atoms with E-state index in [1.54, 1.807) is 6.07 Å². The van der Waals surface area contributed by atoms with E-state index in [9.17, 15) is 4.39 Å². The van der Waals surface area contributed by atoms with Gasteiger partial charge in [0.25, 0.3) is 0 Å². The van der Waals surface area contributed by atoms with Gasteiger partial charge in [-0.05, 0) is 54.3 Å². The molecule has 106 valence electrons. The molecule has 2 heteroatoms. The second-order valence-electron chi connectivity index (χ2n) is 6.18. The normalized spacial score (nSPS) is 34.1. The van der Waals surface area contributed by atoms with Gasteiger partial charge in [-0.25, -0.2) is 4.39 Å². The minimum atomic E-state index is -0.117. The van der Waals surface area contributed by atoms with Crippen LogP contribution in [-0.2, 0) is 0 Å². The number of benzene rings is 1. The van der Waals surface area contributed by atoms with E-state index < -0.39 is 0 Å². The van der Waals surface area contributed by atoms with Crippen LogP contribution in [0.25, 0.3) is 0 Å². The minimum Gasteiger partial charge on any atom is -0.313 e. The van der Waals surface area contributed by atoms with Crippen molar-refractivity contribution in [1.29, 1.82) is 0 Å². The second kappa shape index (κ2) is 5.62. The fourth-order valence-corrected chi connectivity index (χ4v) is 4.01. The Hall–Kier alpha value is -0.890. The molecule has 1 aliphatic carbocycles. The molecule has 4 atom stereocenters. The molecule has 0 radical (unpaired) electrons. The van der Waals surface area contributed by atoms with Gasteiger partial charge in [0.2, 0.25) is 0 Å². The average Bonchev–Trinajstić information content (AvgIpc) is 2.39. The summed E-state index contributed by atoms with van der Waals surface area (Å²) in [5.74, 6) is 0.911. The molecule has 4 unspecified atom stereocenters. The summed E-state index contributed by atoms with van der Waals surface area (Å²) in [6.07, 6.45) is 2.29. The summed E-state index contributed by atoms with van der Waals surface area (Å²) in [5.41, 5.74) is 1.40.